The number of halogens is 1. The molecule has 3 aliphatic heterocycles. The van der Waals surface area contributed by atoms with Gasteiger partial charge in [0.15, 0.2) is 5.65 Å². The van der Waals surface area contributed by atoms with Crippen LogP contribution in [0.25, 0.3) is 27.1 Å². The fourth-order valence-electron chi connectivity index (χ4n) is 7.87. The summed E-state index contributed by atoms with van der Waals surface area (Å²) in [7, 11) is 0. The number of fused-ring (bicyclic) bond motifs is 3. The maximum absolute atomic E-state index is 12.6. The van der Waals surface area contributed by atoms with E-state index in [4.69, 9.17) is 37.9 Å². The maximum atomic E-state index is 12.6. The number of pyridine rings is 1. The molecule has 7 rings (SSSR count). The lowest BCUT2D eigenvalue weighted by Gasteiger charge is -2.39. The average Bonchev–Trinajstić information content (AvgIpc) is 3.64. The quantitative estimate of drug-likeness (QED) is 0.263. The van der Waals surface area contributed by atoms with Crippen molar-refractivity contribution in [2.24, 2.45) is 0 Å². The molecule has 0 spiro atoms. The Morgan fingerprint density at radius 1 is 1.11 bits per heavy atom. The zero-order valence-electron chi connectivity index (χ0n) is 25.1. The molecule has 0 N–H and O–H groups in total. The van der Waals surface area contributed by atoms with Crippen molar-refractivity contribution in [2.75, 3.05) is 50.8 Å². The lowest BCUT2D eigenvalue weighted by molar-refractivity contribution is -0.128. The van der Waals surface area contributed by atoms with Gasteiger partial charge in [-0.1, -0.05) is 36.4 Å². The minimum Gasteiger partial charge on any atom is -0.461 e. The summed E-state index contributed by atoms with van der Waals surface area (Å²) in [4.78, 5) is 37.6. The molecule has 0 saturated carbocycles. The SMILES string of the molecule is [C-]#[N+]C[C@H]1CN(c2nc(OCC34CCCN3CCC4)nc3nc(-c4cccc5c4CCCC5)c(Cl)cc23)CCN1C(=O)C=C. The van der Waals surface area contributed by atoms with Crippen molar-refractivity contribution in [1.82, 2.24) is 24.8 Å². The number of benzene rings is 1. The number of hydrogen-bond acceptors (Lipinski definition) is 7. The van der Waals surface area contributed by atoms with E-state index in [1.807, 2.05) is 6.07 Å². The molecule has 0 unspecified atom stereocenters. The summed E-state index contributed by atoms with van der Waals surface area (Å²) in [5.74, 6) is 0.515. The van der Waals surface area contributed by atoms with Gasteiger partial charge in [-0.25, -0.2) is 11.6 Å². The number of hydrogen-bond donors (Lipinski definition) is 0. The molecule has 44 heavy (non-hydrogen) atoms. The van der Waals surface area contributed by atoms with Crippen molar-refractivity contribution in [3.05, 3.63) is 64.5 Å². The number of carbonyl (C=O) groups is 1. The van der Waals surface area contributed by atoms with E-state index in [-0.39, 0.29) is 24.0 Å². The molecule has 4 aliphatic rings. The number of rotatable bonds is 7. The van der Waals surface area contributed by atoms with Gasteiger partial charge in [-0.15, -0.1) is 0 Å². The summed E-state index contributed by atoms with van der Waals surface area (Å²) < 4.78 is 6.46. The second-order valence-corrected chi connectivity index (χ2v) is 13.0. The summed E-state index contributed by atoms with van der Waals surface area (Å²) in [5.41, 5.74) is 5.08. The van der Waals surface area contributed by atoms with Crippen molar-refractivity contribution in [1.29, 1.82) is 0 Å². The molecule has 9 nitrogen and oxygen atoms in total. The number of carbonyl (C=O) groups excluding carboxylic acids is 1. The molecule has 228 valence electrons. The van der Waals surface area contributed by atoms with E-state index in [0.29, 0.717) is 48.7 Å². The van der Waals surface area contributed by atoms with Gasteiger partial charge in [-0.3, -0.25) is 9.69 Å². The van der Waals surface area contributed by atoms with Gasteiger partial charge < -0.3 is 19.4 Å². The first kappa shape index (κ1) is 29.0. The molecule has 2 aromatic heterocycles. The predicted molar refractivity (Wildman–Crippen MR) is 172 cm³/mol. The highest BCUT2D eigenvalue weighted by atomic mass is 35.5. The van der Waals surface area contributed by atoms with Gasteiger partial charge in [-0.2, -0.15) is 9.97 Å². The van der Waals surface area contributed by atoms with Gasteiger partial charge in [0.25, 0.3) is 0 Å². The fraction of sp³-hybridized carbons (Fsp3) is 0.500. The van der Waals surface area contributed by atoms with Gasteiger partial charge in [-0.05, 0) is 87.7 Å². The Labute approximate surface area is 263 Å². The van der Waals surface area contributed by atoms with E-state index in [1.165, 1.54) is 36.5 Å². The van der Waals surface area contributed by atoms with Crippen LogP contribution in [0.3, 0.4) is 0 Å². The standard InChI is InChI=1S/C34H38ClN7O2/c1-3-29(43)42-18-17-40(21-24(42)20-36-2)32-27-19-28(35)30(26-12-6-10-23-9-4-5-11-25(23)26)37-31(27)38-33(39-32)44-22-34-13-7-15-41(34)16-8-14-34/h3,6,10,12,19,24H,1,4-5,7-9,11,13-18,20-22H2/t24-/m0/s1. The lowest BCUT2D eigenvalue weighted by Crippen LogP contribution is -2.56. The smallest absolute Gasteiger partial charge is 0.320 e. The summed E-state index contributed by atoms with van der Waals surface area (Å²) in [6.45, 7) is 15.6. The van der Waals surface area contributed by atoms with Gasteiger partial charge in [0.1, 0.15) is 18.5 Å². The van der Waals surface area contributed by atoms with E-state index in [1.54, 1.807) is 4.90 Å². The molecule has 10 heteroatoms. The molecule has 5 heterocycles. The molecule has 1 aliphatic carbocycles. The van der Waals surface area contributed by atoms with Gasteiger partial charge >= 0.3 is 6.01 Å². The van der Waals surface area contributed by atoms with Gasteiger partial charge in [0.2, 0.25) is 12.5 Å². The highest BCUT2D eigenvalue weighted by Crippen LogP contribution is 2.40. The van der Waals surface area contributed by atoms with Crippen LogP contribution in [0.1, 0.15) is 49.7 Å². The monoisotopic (exact) mass is 611 g/mol. The van der Waals surface area contributed by atoms with E-state index in [0.717, 1.165) is 61.8 Å². The average molecular weight is 612 g/mol. The third kappa shape index (κ3) is 5.18. The second-order valence-electron chi connectivity index (χ2n) is 12.6. The van der Waals surface area contributed by atoms with E-state index >= 15 is 0 Å². The molecule has 0 radical (unpaired) electrons. The van der Waals surface area contributed by atoms with E-state index in [9.17, 15) is 4.79 Å². The van der Waals surface area contributed by atoms with Crippen molar-refractivity contribution in [2.45, 2.75) is 62.9 Å². The molecule has 0 bridgehead atoms. The van der Waals surface area contributed by atoms with Crippen LogP contribution < -0.4 is 9.64 Å². The highest BCUT2D eigenvalue weighted by Gasteiger charge is 2.45. The Bertz CT molecular complexity index is 1640. The third-order valence-electron chi connectivity index (χ3n) is 10.1. The Balaban J connectivity index is 1.30. The molecule has 3 aromatic rings. The van der Waals surface area contributed by atoms with Gasteiger partial charge in [0, 0.05) is 25.2 Å². The number of ether oxygens (including phenoxy) is 1. The number of aromatic nitrogens is 3. The largest absolute Gasteiger partial charge is 0.461 e. The zero-order valence-corrected chi connectivity index (χ0v) is 25.9. The molecule has 3 fully saturated rings. The van der Waals surface area contributed by atoms with Crippen LogP contribution in [0.4, 0.5) is 5.82 Å². The second kappa shape index (κ2) is 12.0. The number of piperazine rings is 1. The topological polar surface area (TPSA) is 79.1 Å². The van der Waals surface area contributed by atoms with E-state index in [2.05, 4.69) is 39.4 Å². The van der Waals surface area contributed by atoms with Crippen LogP contribution in [0.5, 0.6) is 6.01 Å². The van der Waals surface area contributed by atoms with E-state index < -0.39 is 0 Å². The minimum absolute atomic E-state index is 0.0531. The van der Waals surface area contributed by atoms with Crippen molar-refractivity contribution in [3.63, 3.8) is 0 Å². The molecule has 1 amide bonds. The van der Waals surface area contributed by atoms with Crippen LogP contribution in [-0.2, 0) is 17.6 Å². The predicted octanol–water partition coefficient (Wildman–Crippen LogP) is 5.35. The summed E-state index contributed by atoms with van der Waals surface area (Å²) >= 11 is 7.02. The van der Waals surface area contributed by atoms with Gasteiger partial charge in [0.05, 0.1) is 21.6 Å². The van der Waals surface area contributed by atoms with Crippen molar-refractivity contribution < 1.29 is 9.53 Å². The first-order valence-electron chi connectivity index (χ1n) is 15.9. The van der Waals surface area contributed by atoms with Crippen LogP contribution in [0.2, 0.25) is 5.02 Å². The third-order valence-corrected chi connectivity index (χ3v) is 10.4. The van der Waals surface area contributed by atoms with Crippen molar-refractivity contribution >= 4 is 34.4 Å². The summed E-state index contributed by atoms with van der Waals surface area (Å²) in [6, 6.07) is 8.37. The lowest BCUT2D eigenvalue weighted by atomic mass is 9.87. The van der Waals surface area contributed by atoms with Crippen LogP contribution in [0, 0.1) is 6.57 Å². The maximum Gasteiger partial charge on any atom is 0.320 e. The molecule has 3 saturated heterocycles. The number of nitrogens with zero attached hydrogens (tertiary/aromatic N) is 7. The molecule has 1 aromatic carbocycles. The Morgan fingerprint density at radius 3 is 2.73 bits per heavy atom. The Kier molecular flexibility index (Phi) is 7.90. The molecular formula is C34H38ClN7O2. The zero-order chi connectivity index (χ0) is 30.3. The Morgan fingerprint density at radius 2 is 1.93 bits per heavy atom. The first-order valence-corrected chi connectivity index (χ1v) is 16.3. The number of aryl methyl sites for hydroxylation is 1. The number of anilines is 1. The highest BCUT2D eigenvalue weighted by molar-refractivity contribution is 6.34. The molecule has 1 atom stereocenters. The van der Waals surface area contributed by atoms with Crippen LogP contribution in [0.15, 0.2) is 36.9 Å². The number of amides is 1. The molecular weight excluding hydrogens is 574 g/mol. The normalized spacial score (nSPS) is 21.1. The minimum atomic E-state index is -0.288. The fourth-order valence-corrected chi connectivity index (χ4v) is 8.12. The van der Waals surface area contributed by atoms with Crippen molar-refractivity contribution in [3.8, 4) is 17.3 Å². The summed E-state index contributed by atoms with van der Waals surface area (Å²) in [6.07, 6.45) is 10.4. The summed E-state index contributed by atoms with van der Waals surface area (Å²) in [5, 5.41) is 1.29. The van der Waals surface area contributed by atoms with Crippen LogP contribution in [-0.4, -0.2) is 88.1 Å². The first-order chi connectivity index (χ1) is 21.5. The van der Waals surface area contributed by atoms with Crippen LogP contribution >= 0.6 is 11.6 Å². The Hall–Kier alpha value is -3.74.